The molecule has 0 aromatic rings. The molecule has 1 aliphatic rings. The van der Waals surface area contributed by atoms with Crippen LogP contribution in [0.2, 0.25) is 0 Å². The van der Waals surface area contributed by atoms with Crippen LogP contribution in [-0.2, 0) is 10.0 Å². The van der Waals surface area contributed by atoms with Crippen LogP contribution >= 0.6 is 0 Å². The van der Waals surface area contributed by atoms with Gasteiger partial charge in [0, 0.05) is 12.6 Å². The molecular formula is C8H18N2O2S. The highest BCUT2D eigenvalue weighted by Crippen LogP contribution is 2.31. The maximum atomic E-state index is 11.3. The van der Waals surface area contributed by atoms with Crippen LogP contribution < -0.4 is 10.5 Å². The molecule has 5 heteroatoms. The Morgan fingerprint density at radius 3 is 2.38 bits per heavy atom. The van der Waals surface area contributed by atoms with Crippen molar-refractivity contribution >= 4 is 10.0 Å². The quantitative estimate of drug-likeness (QED) is 0.667. The molecule has 3 N–H and O–H groups in total. The van der Waals surface area contributed by atoms with E-state index in [1.165, 1.54) is 0 Å². The summed E-state index contributed by atoms with van der Waals surface area (Å²) >= 11 is 0. The Bertz CT molecular complexity index is 257. The first kappa shape index (κ1) is 10.9. The number of nitrogens with one attached hydrogen (secondary N) is 1. The SMILES string of the molecule is CC(C)S(=O)(=O)NCC(N)C1CC1. The van der Waals surface area contributed by atoms with Gasteiger partial charge in [-0.25, -0.2) is 13.1 Å². The minimum atomic E-state index is -3.13. The minimum Gasteiger partial charge on any atom is -0.326 e. The molecule has 13 heavy (non-hydrogen) atoms. The van der Waals surface area contributed by atoms with Crippen molar-refractivity contribution in [2.45, 2.75) is 38.0 Å². The first-order valence-electron chi connectivity index (χ1n) is 4.67. The van der Waals surface area contributed by atoms with Crippen LogP contribution in [0.15, 0.2) is 0 Å². The predicted molar refractivity (Wildman–Crippen MR) is 52.8 cm³/mol. The summed E-state index contributed by atoms with van der Waals surface area (Å²) < 4.78 is 25.1. The van der Waals surface area contributed by atoms with Crippen molar-refractivity contribution in [3.8, 4) is 0 Å². The maximum Gasteiger partial charge on any atom is 0.213 e. The average Bonchev–Trinajstić information content (AvgIpc) is 2.82. The van der Waals surface area contributed by atoms with Gasteiger partial charge in [0.05, 0.1) is 5.25 Å². The Morgan fingerprint density at radius 2 is 2.00 bits per heavy atom. The lowest BCUT2D eigenvalue weighted by Gasteiger charge is -2.13. The van der Waals surface area contributed by atoms with Crippen molar-refractivity contribution in [2.75, 3.05) is 6.54 Å². The Kier molecular flexibility index (Phi) is 3.32. The number of hydrogen-bond donors (Lipinski definition) is 2. The molecular weight excluding hydrogens is 188 g/mol. The van der Waals surface area contributed by atoms with E-state index in [1.807, 2.05) is 0 Å². The van der Waals surface area contributed by atoms with E-state index in [2.05, 4.69) is 4.72 Å². The zero-order valence-corrected chi connectivity index (χ0v) is 8.97. The molecule has 78 valence electrons. The molecule has 0 aromatic heterocycles. The zero-order valence-electron chi connectivity index (χ0n) is 8.16. The van der Waals surface area contributed by atoms with Crippen LogP contribution in [0.25, 0.3) is 0 Å². The first-order chi connectivity index (χ1) is 5.93. The molecule has 0 amide bonds. The minimum absolute atomic E-state index is 0.00600. The maximum absolute atomic E-state index is 11.3. The Hall–Kier alpha value is -0.130. The Balaban J connectivity index is 2.32. The van der Waals surface area contributed by atoms with Gasteiger partial charge in [-0.05, 0) is 32.6 Å². The fourth-order valence-corrected chi connectivity index (χ4v) is 1.83. The molecule has 0 heterocycles. The summed E-state index contributed by atoms with van der Waals surface area (Å²) in [5.74, 6) is 0.537. The normalized spacial score (nSPS) is 20.6. The standard InChI is InChI=1S/C8H18N2O2S/c1-6(2)13(11,12)10-5-8(9)7-3-4-7/h6-8,10H,3-5,9H2,1-2H3. The monoisotopic (exact) mass is 206 g/mol. The van der Waals surface area contributed by atoms with Gasteiger partial charge >= 0.3 is 0 Å². The Labute approximate surface area is 79.9 Å². The lowest BCUT2D eigenvalue weighted by Crippen LogP contribution is -2.41. The van der Waals surface area contributed by atoms with E-state index in [4.69, 9.17) is 5.73 Å². The van der Waals surface area contributed by atoms with Gasteiger partial charge in [0.25, 0.3) is 0 Å². The lowest BCUT2D eigenvalue weighted by molar-refractivity contribution is 0.542. The third-order valence-corrected chi connectivity index (χ3v) is 4.18. The van der Waals surface area contributed by atoms with Crippen LogP contribution in [0.4, 0.5) is 0 Å². The molecule has 1 rings (SSSR count). The van der Waals surface area contributed by atoms with E-state index in [0.29, 0.717) is 12.5 Å². The van der Waals surface area contributed by atoms with Gasteiger partial charge < -0.3 is 5.73 Å². The van der Waals surface area contributed by atoms with E-state index >= 15 is 0 Å². The number of nitrogens with two attached hydrogens (primary N) is 1. The zero-order chi connectivity index (χ0) is 10.1. The van der Waals surface area contributed by atoms with Crippen molar-refractivity contribution in [2.24, 2.45) is 11.7 Å². The number of rotatable bonds is 5. The van der Waals surface area contributed by atoms with Crippen molar-refractivity contribution in [1.82, 2.24) is 4.72 Å². The number of hydrogen-bond acceptors (Lipinski definition) is 3. The van der Waals surface area contributed by atoms with Crippen molar-refractivity contribution in [1.29, 1.82) is 0 Å². The molecule has 0 aliphatic heterocycles. The highest BCUT2D eigenvalue weighted by atomic mass is 32.2. The molecule has 1 saturated carbocycles. The molecule has 0 saturated heterocycles. The van der Waals surface area contributed by atoms with E-state index in [1.54, 1.807) is 13.8 Å². The van der Waals surface area contributed by atoms with E-state index in [9.17, 15) is 8.42 Å². The molecule has 1 fully saturated rings. The first-order valence-corrected chi connectivity index (χ1v) is 6.22. The second-order valence-corrected chi connectivity index (χ2v) is 6.27. The van der Waals surface area contributed by atoms with Crippen LogP contribution in [0, 0.1) is 5.92 Å². The van der Waals surface area contributed by atoms with E-state index < -0.39 is 10.0 Å². The fourth-order valence-electron chi connectivity index (χ4n) is 1.07. The third-order valence-electron chi connectivity index (χ3n) is 2.37. The van der Waals surface area contributed by atoms with Gasteiger partial charge in [0.2, 0.25) is 10.0 Å². The van der Waals surface area contributed by atoms with E-state index in [0.717, 1.165) is 12.8 Å². The smallest absolute Gasteiger partial charge is 0.213 e. The molecule has 1 unspecified atom stereocenters. The summed E-state index contributed by atoms with van der Waals surface area (Å²) in [6.45, 7) is 3.70. The van der Waals surface area contributed by atoms with E-state index in [-0.39, 0.29) is 11.3 Å². The second-order valence-electron chi connectivity index (χ2n) is 3.94. The summed E-state index contributed by atoms with van der Waals surface area (Å²) in [7, 11) is -3.13. The van der Waals surface area contributed by atoms with Crippen LogP contribution in [0.3, 0.4) is 0 Å². The lowest BCUT2D eigenvalue weighted by atomic mass is 10.2. The fraction of sp³-hybridized carbons (Fsp3) is 1.00. The van der Waals surface area contributed by atoms with Crippen LogP contribution in [-0.4, -0.2) is 26.3 Å². The summed E-state index contributed by atoms with van der Waals surface area (Å²) in [4.78, 5) is 0. The average molecular weight is 206 g/mol. The molecule has 0 radical (unpaired) electrons. The summed E-state index contributed by atoms with van der Waals surface area (Å²) in [5.41, 5.74) is 5.76. The highest BCUT2D eigenvalue weighted by Gasteiger charge is 2.29. The molecule has 0 aromatic carbocycles. The third kappa shape index (κ3) is 3.25. The number of sulfonamides is 1. The van der Waals surface area contributed by atoms with Gasteiger partial charge in [0.15, 0.2) is 0 Å². The molecule has 0 spiro atoms. The molecule has 1 atom stereocenters. The Morgan fingerprint density at radius 1 is 1.46 bits per heavy atom. The van der Waals surface area contributed by atoms with Gasteiger partial charge in [-0.3, -0.25) is 0 Å². The van der Waals surface area contributed by atoms with Gasteiger partial charge in [-0.15, -0.1) is 0 Å². The topological polar surface area (TPSA) is 72.2 Å². The van der Waals surface area contributed by atoms with Gasteiger partial charge in [-0.1, -0.05) is 0 Å². The van der Waals surface area contributed by atoms with Crippen molar-refractivity contribution in [3.63, 3.8) is 0 Å². The van der Waals surface area contributed by atoms with Crippen LogP contribution in [0.1, 0.15) is 26.7 Å². The summed E-state index contributed by atoms with van der Waals surface area (Å²) in [5, 5.41) is -0.376. The predicted octanol–water partition coefficient (Wildman–Crippen LogP) is 0.0515. The molecule has 1 aliphatic carbocycles. The van der Waals surface area contributed by atoms with Crippen molar-refractivity contribution < 1.29 is 8.42 Å². The molecule has 4 nitrogen and oxygen atoms in total. The second kappa shape index (κ2) is 3.94. The highest BCUT2D eigenvalue weighted by molar-refractivity contribution is 7.90. The van der Waals surface area contributed by atoms with Crippen LogP contribution in [0.5, 0.6) is 0 Å². The van der Waals surface area contributed by atoms with Crippen molar-refractivity contribution in [3.05, 3.63) is 0 Å². The largest absolute Gasteiger partial charge is 0.326 e. The summed E-state index contributed by atoms with van der Waals surface area (Å²) in [6.07, 6.45) is 2.29. The van der Waals surface area contributed by atoms with Gasteiger partial charge in [0.1, 0.15) is 0 Å². The molecule has 0 bridgehead atoms. The van der Waals surface area contributed by atoms with Gasteiger partial charge in [-0.2, -0.15) is 0 Å². The summed E-state index contributed by atoms with van der Waals surface area (Å²) in [6, 6.07) is -0.00600.